The molecule has 0 aromatic heterocycles. The van der Waals surface area contributed by atoms with Gasteiger partial charge in [-0.15, -0.1) is 0 Å². The molecule has 0 spiro atoms. The normalized spacial score (nSPS) is 11.3. The highest BCUT2D eigenvalue weighted by molar-refractivity contribution is 7.89. The van der Waals surface area contributed by atoms with Crippen LogP contribution in [-0.4, -0.2) is 28.4 Å². The summed E-state index contributed by atoms with van der Waals surface area (Å²) in [6, 6.07) is 5.31. The van der Waals surface area contributed by atoms with Crippen LogP contribution in [0.2, 0.25) is 0 Å². The van der Waals surface area contributed by atoms with Gasteiger partial charge in [-0.25, -0.2) is 13.1 Å². The van der Waals surface area contributed by atoms with Crippen LogP contribution in [0.1, 0.15) is 18.9 Å². The molecule has 0 bridgehead atoms. The van der Waals surface area contributed by atoms with E-state index in [1.54, 1.807) is 32.4 Å². The Kier molecular flexibility index (Phi) is 5.43. The fourth-order valence-corrected chi connectivity index (χ4v) is 2.59. The third-order valence-electron chi connectivity index (χ3n) is 2.42. The topological polar surface area (TPSA) is 64.6 Å². The van der Waals surface area contributed by atoms with Crippen molar-refractivity contribution in [3.05, 3.63) is 23.8 Å². The highest BCUT2D eigenvalue weighted by Crippen LogP contribution is 2.27. The molecular weight excluding hydrogens is 254 g/mol. The van der Waals surface area contributed by atoms with Gasteiger partial charge in [0.15, 0.2) is 11.5 Å². The van der Waals surface area contributed by atoms with Crippen LogP contribution in [0, 0.1) is 0 Å². The van der Waals surface area contributed by atoms with Crippen molar-refractivity contribution in [1.29, 1.82) is 0 Å². The lowest BCUT2D eigenvalue weighted by Crippen LogP contribution is -2.25. The Balaban J connectivity index is 2.74. The van der Waals surface area contributed by atoms with E-state index in [1.165, 1.54) is 0 Å². The third-order valence-corrected chi connectivity index (χ3v) is 3.95. The lowest BCUT2D eigenvalue weighted by molar-refractivity contribution is 0.354. The molecular formula is C12H19NO4S. The Morgan fingerprint density at radius 1 is 1.17 bits per heavy atom. The Labute approximate surface area is 108 Å². The van der Waals surface area contributed by atoms with Crippen LogP contribution in [0.25, 0.3) is 0 Å². The first-order valence-electron chi connectivity index (χ1n) is 5.70. The predicted molar refractivity (Wildman–Crippen MR) is 70.5 cm³/mol. The summed E-state index contributed by atoms with van der Waals surface area (Å²) in [5.74, 6) is 1.35. The Bertz CT molecular complexity index is 485. The molecule has 0 amide bonds. The molecule has 0 saturated carbocycles. The minimum absolute atomic E-state index is 0.139. The number of hydrogen-bond acceptors (Lipinski definition) is 4. The zero-order chi connectivity index (χ0) is 13.6. The van der Waals surface area contributed by atoms with Crippen molar-refractivity contribution >= 4 is 10.0 Å². The predicted octanol–water partition coefficient (Wildman–Crippen LogP) is 1.53. The highest BCUT2D eigenvalue weighted by Gasteiger charge is 2.09. The molecule has 0 atom stereocenters. The maximum absolute atomic E-state index is 11.5. The number of methoxy groups -OCH3 is 2. The van der Waals surface area contributed by atoms with Crippen LogP contribution in [0.15, 0.2) is 18.2 Å². The lowest BCUT2D eigenvalue weighted by atomic mass is 10.2. The maximum atomic E-state index is 11.5. The smallest absolute Gasteiger partial charge is 0.211 e. The van der Waals surface area contributed by atoms with E-state index in [0.717, 1.165) is 5.56 Å². The van der Waals surface area contributed by atoms with Crippen molar-refractivity contribution < 1.29 is 17.9 Å². The van der Waals surface area contributed by atoms with Gasteiger partial charge in [0.2, 0.25) is 10.0 Å². The average molecular weight is 273 g/mol. The minimum Gasteiger partial charge on any atom is -0.493 e. The van der Waals surface area contributed by atoms with Gasteiger partial charge in [0.05, 0.1) is 20.0 Å². The van der Waals surface area contributed by atoms with Gasteiger partial charge in [-0.2, -0.15) is 0 Å². The summed E-state index contributed by atoms with van der Waals surface area (Å²) in [7, 11) is -0.0856. The third kappa shape index (κ3) is 4.19. The molecule has 102 valence electrons. The summed E-state index contributed by atoms with van der Waals surface area (Å²) in [5, 5.41) is 0. The van der Waals surface area contributed by atoms with E-state index in [-0.39, 0.29) is 12.3 Å². The Morgan fingerprint density at radius 2 is 1.83 bits per heavy atom. The number of hydrogen-bond donors (Lipinski definition) is 1. The summed E-state index contributed by atoms with van der Waals surface area (Å²) in [6.07, 6.45) is 0.598. The molecule has 5 nitrogen and oxygen atoms in total. The average Bonchev–Trinajstić information content (AvgIpc) is 2.36. The molecule has 1 N–H and O–H groups in total. The molecule has 6 heteroatoms. The molecule has 1 aromatic rings. The summed E-state index contributed by atoms with van der Waals surface area (Å²) in [4.78, 5) is 0. The molecule has 0 aliphatic carbocycles. The zero-order valence-corrected chi connectivity index (χ0v) is 11.7. The monoisotopic (exact) mass is 273 g/mol. The largest absolute Gasteiger partial charge is 0.493 e. The molecule has 0 aliphatic heterocycles. The van der Waals surface area contributed by atoms with Gasteiger partial charge in [-0.05, 0) is 24.1 Å². The summed E-state index contributed by atoms with van der Waals surface area (Å²) >= 11 is 0. The SMILES string of the molecule is CCCS(=O)(=O)NCc1ccc(OC)c(OC)c1. The van der Waals surface area contributed by atoms with Gasteiger partial charge in [0, 0.05) is 6.54 Å². The summed E-state index contributed by atoms with van der Waals surface area (Å²) in [6.45, 7) is 2.08. The number of sulfonamides is 1. The molecule has 0 radical (unpaired) electrons. The number of ether oxygens (including phenoxy) is 2. The molecule has 1 aromatic carbocycles. The first-order valence-corrected chi connectivity index (χ1v) is 7.36. The molecule has 0 aliphatic rings. The van der Waals surface area contributed by atoms with Crippen molar-refractivity contribution in [2.75, 3.05) is 20.0 Å². The fraction of sp³-hybridized carbons (Fsp3) is 0.500. The fourth-order valence-electron chi connectivity index (χ4n) is 1.52. The van der Waals surface area contributed by atoms with E-state index in [2.05, 4.69) is 4.72 Å². The van der Waals surface area contributed by atoms with E-state index in [9.17, 15) is 8.42 Å². The van der Waals surface area contributed by atoms with Crippen LogP contribution < -0.4 is 14.2 Å². The molecule has 0 heterocycles. The molecule has 0 fully saturated rings. The second-order valence-electron chi connectivity index (χ2n) is 3.83. The van der Waals surface area contributed by atoms with E-state index >= 15 is 0 Å². The van der Waals surface area contributed by atoms with Crippen molar-refractivity contribution in [1.82, 2.24) is 4.72 Å². The van der Waals surface area contributed by atoms with Gasteiger partial charge in [-0.1, -0.05) is 13.0 Å². The van der Waals surface area contributed by atoms with E-state index in [1.807, 2.05) is 6.92 Å². The van der Waals surface area contributed by atoms with E-state index in [4.69, 9.17) is 9.47 Å². The number of benzene rings is 1. The van der Waals surface area contributed by atoms with Gasteiger partial charge in [0.1, 0.15) is 0 Å². The van der Waals surface area contributed by atoms with Crippen molar-refractivity contribution in [3.63, 3.8) is 0 Å². The van der Waals surface area contributed by atoms with Crippen molar-refractivity contribution in [3.8, 4) is 11.5 Å². The Morgan fingerprint density at radius 3 is 2.39 bits per heavy atom. The first kappa shape index (κ1) is 14.8. The van der Waals surface area contributed by atoms with Crippen LogP contribution in [0.4, 0.5) is 0 Å². The van der Waals surface area contributed by atoms with Crippen LogP contribution in [0.3, 0.4) is 0 Å². The van der Waals surface area contributed by atoms with Gasteiger partial charge < -0.3 is 9.47 Å². The van der Waals surface area contributed by atoms with Crippen LogP contribution in [-0.2, 0) is 16.6 Å². The Hall–Kier alpha value is -1.27. The molecule has 0 unspecified atom stereocenters. The van der Waals surface area contributed by atoms with Gasteiger partial charge in [-0.3, -0.25) is 0 Å². The molecule has 1 rings (SSSR count). The first-order chi connectivity index (χ1) is 8.52. The molecule has 0 saturated heterocycles. The minimum atomic E-state index is -3.19. The van der Waals surface area contributed by atoms with Crippen molar-refractivity contribution in [2.24, 2.45) is 0 Å². The summed E-state index contributed by atoms with van der Waals surface area (Å²) in [5.41, 5.74) is 0.826. The van der Waals surface area contributed by atoms with E-state index in [0.29, 0.717) is 17.9 Å². The molecule has 18 heavy (non-hydrogen) atoms. The highest BCUT2D eigenvalue weighted by atomic mass is 32.2. The van der Waals surface area contributed by atoms with E-state index < -0.39 is 10.0 Å². The number of rotatable bonds is 7. The number of nitrogens with one attached hydrogen (secondary N) is 1. The van der Waals surface area contributed by atoms with Crippen LogP contribution in [0.5, 0.6) is 11.5 Å². The second kappa shape index (κ2) is 6.61. The van der Waals surface area contributed by atoms with Crippen molar-refractivity contribution in [2.45, 2.75) is 19.9 Å². The quantitative estimate of drug-likeness (QED) is 0.818. The van der Waals surface area contributed by atoms with Gasteiger partial charge >= 0.3 is 0 Å². The summed E-state index contributed by atoms with van der Waals surface area (Å²) < 4.78 is 35.8. The second-order valence-corrected chi connectivity index (χ2v) is 5.76. The van der Waals surface area contributed by atoms with Crippen LogP contribution >= 0.6 is 0 Å². The standard InChI is InChI=1S/C12H19NO4S/c1-4-7-18(14,15)13-9-10-5-6-11(16-2)12(8-10)17-3/h5-6,8,13H,4,7,9H2,1-3H3. The lowest BCUT2D eigenvalue weighted by Gasteiger charge is -2.10. The maximum Gasteiger partial charge on any atom is 0.211 e. The van der Waals surface area contributed by atoms with Gasteiger partial charge in [0.25, 0.3) is 0 Å². The zero-order valence-electron chi connectivity index (χ0n) is 10.9.